The molecule has 0 radical (unpaired) electrons. The lowest BCUT2D eigenvalue weighted by Gasteiger charge is -2.32. The maximum Gasteiger partial charge on any atom is 0.246 e. The quantitative estimate of drug-likeness (QED) is 0.714. The van der Waals surface area contributed by atoms with Crippen LogP contribution in [0, 0.1) is 0 Å². The first-order valence-electron chi connectivity index (χ1n) is 9.61. The van der Waals surface area contributed by atoms with Crippen molar-refractivity contribution in [3.63, 3.8) is 0 Å². The molecule has 1 aliphatic rings. The van der Waals surface area contributed by atoms with E-state index < -0.39 is 10.0 Å². The van der Waals surface area contributed by atoms with E-state index in [1.807, 2.05) is 18.2 Å². The molecule has 0 amide bonds. The number of aromatic nitrogens is 3. The first kappa shape index (κ1) is 18.9. The number of piperidine rings is 1. The summed E-state index contributed by atoms with van der Waals surface area (Å²) in [7, 11) is -1.75. The number of benzene rings is 1. The van der Waals surface area contributed by atoms with Gasteiger partial charge in [0.05, 0.1) is 11.7 Å². The Balaban J connectivity index is 1.49. The molecule has 148 valence electrons. The molecule has 0 atom stereocenters. The summed E-state index contributed by atoms with van der Waals surface area (Å²) in [6, 6.07) is 10.5. The van der Waals surface area contributed by atoms with Gasteiger partial charge in [-0.05, 0) is 31.4 Å². The van der Waals surface area contributed by atoms with E-state index in [9.17, 15) is 8.42 Å². The van der Waals surface area contributed by atoms with Gasteiger partial charge in [0.25, 0.3) is 0 Å². The normalized spacial score (nSPS) is 16.5. The van der Waals surface area contributed by atoms with Crippen LogP contribution in [0.2, 0.25) is 0 Å². The topological polar surface area (TPSA) is 80.1 Å². The first-order chi connectivity index (χ1) is 13.5. The summed E-state index contributed by atoms with van der Waals surface area (Å²) in [5.41, 5.74) is 3.12. The second-order valence-corrected chi connectivity index (χ2v) is 9.14. The maximum absolute atomic E-state index is 12.8. The molecule has 1 N–H and O–H groups in total. The van der Waals surface area contributed by atoms with Crippen LogP contribution in [0.5, 0.6) is 0 Å². The van der Waals surface area contributed by atoms with Crippen LogP contribution in [0.4, 0.5) is 5.69 Å². The Morgan fingerprint density at radius 1 is 1.21 bits per heavy atom. The van der Waals surface area contributed by atoms with E-state index in [4.69, 9.17) is 4.98 Å². The largest absolute Gasteiger partial charge is 0.382 e. The van der Waals surface area contributed by atoms with Crippen molar-refractivity contribution in [2.24, 2.45) is 7.05 Å². The maximum atomic E-state index is 12.8. The zero-order valence-corrected chi connectivity index (χ0v) is 17.0. The molecule has 0 bridgehead atoms. The standard InChI is InChI=1S/C20H25N5O2S/c1-3-15-12-20(18-6-4-5-7-19(18)22-15)23-16-8-10-25(11-9-16)28(26,27)17-13-21-24(2)14-17/h4-7,12-14,16H,3,8-11H2,1-2H3,(H,22,23). The van der Waals surface area contributed by atoms with Crippen molar-refractivity contribution in [1.82, 2.24) is 19.1 Å². The lowest BCUT2D eigenvalue weighted by atomic mass is 10.0. The molecule has 3 aromatic rings. The first-order valence-corrected chi connectivity index (χ1v) is 11.1. The van der Waals surface area contributed by atoms with Gasteiger partial charge >= 0.3 is 0 Å². The van der Waals surface area contributed by atoms with Gasteiger partial charge in [0.15, 0.2) is 0 Å². The predicted octanol–water partition coefficient (Wildman–Crippen LogP) is 2.80. The fourth-order valence-electron chi connectivity index (χ4n) is 3.67. The second kappa shape index (κ2) is 7.52. The van der Waals surface area contributed by atoms with Gasteiger partial charge in [-0.15, -0.1) is 0 Å². The highest BCUT2D eigenvalue weighted by Gasteiger charge is 2.30. The van der Waals surface area contributed by atoms with Gasteiger partial charge in [-0.2, -0.15) is 9.40 Å². The zero-order chi connectivity index (χ0) is 19.7. The highest BCUT2D eigenvalue weighted by atomic mass is 32.2. The second-order valence-electron chi connectivity index (χ2n) is 7.20. The highest BCUT2D eigenvalue weighted by Crippen LogP contribution is 2.27. The van der Waals surface area contributed by atoms with Crippen molar-refractivity contribution < 1.29 is 8.42 Å². The number of hydrogen-bond donors (Lipinski definition) is 1. The minimum absolute atomic E-state index is 0.232. The number of anilines is 1. The average molecular weight is 400 g/mol. The van der Waals surface area contributed by atoms with Crippen molar-refractivity contribution in [1.29, 1.82) is 0 Å². The summed E-state index contributed by atoms with van der Waals surface area (Å²) in [6.45, 7) is 3.10. The number of pyridine rings is 1. The van der Waals surface area contributed by atoms with Gasteiger partial charge < -0.3 is 5.32 Å². The van der Waals surface area contributed by atoms with E-state index in [0.717, 1.165) is 41.5 Å². The van der Waals surface area contributed by atoms with Gasteiger partial charge in [-0.3, -0.25) is 9.67 Å². The molecule has 7 nitrogen and oxygen atoms in total. The Morgan fingerprint density at radius 3 is 2.64 bits per heavy atom. The molecule has 0 spiro atoms. The number of sulfonamides is 1. The third-order valence-electron chi connectivity index (χ3n) is 5.26. The summed E-state index contributed by atoms with van der Waals surface area (Å²) in [5.74, 6) is 0. The molecule has 0 saturated carbocycles. The van der Waals surface area contributed by atoms with Crippen LogP contribution in [0.25, 0.3) is 10.9 Å². The summed E-state index contributed by atoms with van der Waals surface area (Å²) in [4.78, 5) is 4.95. The van der Waals surface area contributed by atoms with E-state index >= 15 is 0 Å². The van der Waals surface area contributed by atoms with Crippen molar-refractivity contribution in [3.8, 4) is 0 Å². The van der Waals surface area contributed by atoms with Gasteiger partial charge in [0.1, 0.15) is 4.90 Å². The Hall–Kier alpha value is -2.45. The molecule has 1 saturated heterocycles. The molecule has 0 aliphatic carbocycles. The fourth-order valence-corrected chi connectivity index (χ4v) is 5.13. The molecule has 1 fully saturated rings. The lowest BCUT2D eigenvalue weighted by Crippen LogP contribution is -2.42. The summed E-state index contributed by atoms with van der Waals surface area (Å²) in [5, 5.41) is 8.72. The van der Waals surface area contributed by atoms with Crippen LogP contribution in [0.15, 0.2) is 47.6 Å². The van der Waals surface area contributed by atoms with Crippen molar-refractivity contribution >= 4 is 26.6 Å². The minimum atomic E-state index is -3.47. The van der Waals surface area contributed by atoms with Crippen LogP contribution >= 0.6 is 0 Å². The van der Waals surface area contributed by atoms with E-state index in [2.05, 4.69) is 29.5 Å². The molecule has 3 heterocycles. The molecule has 0 unspecified atom stereocenters. The lowest BCUT2D eigenvalue weighted by molar-refractivity contribution is 0.330. The summed E-state index contributed by atoms with van der Waals surface area (Å²) < 4.78 is 28.6. The Labute approximate surface area is 165 Å². The monoisotopic (exact) mass is 399 g/mol. The zero-order valence-electron chi connectivity index (χ0n) is 16.2. The number of aryl methyl sites for hydroxylation is 2. The van der Waals surface area contributed by atoms with Gasteiger partial charge in [-0.25, -0.2) is 8.42 Å². The van der Waals surface area contributed by atoms with Crippen molar-refractivity contribution in [3.05, 3.63) is 48.4 Å². The average Bonchev–Trinajstić information content (AvgIpc) is 3.15. The molecule has 2 aromatic heterocycles. The third-order valence-corrected chi connectivity index (χ3v) is 7.12. The molecule has 8 heteroatoms. The highest BCUT2D eigenvalue weighted by molar-refractivity contribution is 7.89. The SMILES string of the molecule is CCc1cc(NC2CCN(S(=O)(=O)c3cnn(C)c3)CC2)c2ccccc2n1. The number of hydrogen-bond acceptors (Lipinski definition) is 5. The van der Waals surface area contributed by atoms with Crippen molar-refractivity contribution in [2.75, 3.05) is 18.4 Å². The Morgan fingerprint density at radius 2 is 1.96 bits per heavy atom. The minimum Gasteiger partial charge on any atom is -0.382 e. The van der Waals surface area contributed by atoms with E-state index in [0.29, 0.717) is 13.1 Å². The van der Waals surface area contributed by atoms with Crippen LogP contribution in [0.1, 0.15) is 25.5 Å². The number of fused-ring (bicyclic) bond motifs is 1. The molecular formula is C20H25N5O2S. The van der Waals surface area contributed by atoms with Crippen LogP contribution in [0.3, 0.4) is 0 Å². The van der Waals surface area contributed by atoms with Crippen LogP contribution < -0.4 is 5.32 Å². The van der Waals surface area contributed by atoms with E-state index in [1.54, 1.807) is 17.5 Å². The Bertz CT molecular complexity index is 1080. The smallest absolute Gasteiger partial charge is 0.246 e. The predicted molar refractivity (Wildman–Crippen MR) is 110 cm³/mol. The van der Waals surface area contributed by atoms with E-state index in [-0.39, 0.29) is 10.9 Å². The van der Waals surface area contributed by atoms with Gasteiger partial charge in [-0.1, -0.05) is 25.1 Å². The fraction of sp³-hybridized carbons (Fsp3) is 0.400. The van der Waals surface area contributed by atoms with Gasteiger partial charge in [0, 0.05) is 49.1 Å². The van der Waals surface area contributed by atoms with Gasteiger partial charge in [0.2, 0.25) is 10.0 Å². The number of nitrogens with zero attached hydrogens (tertiary/aromatic N) is 4. The van der Waals surface area contributed by atoms with Crippen LogP contribution in [-0.2, 0) is 23.5 Å². The van der Waals surface area contributed by atoms with E-state index in [1.165, 1.54) is 10.9 Å². The number of nitrogens with one attached hydrogen (secondary N) is 1. The number of para-hydroxylation sites is 1. The Kier molecular flexibility index (Phi) is 5.07. The summed E-state index contributed by atoms with van der Waals surface area (Å²) in [6.07, 6.45) is 5.36. The molecular weight excluding hydrogens is 374 g/mol. The van der Waals surface area contributed by atoms with Crippen LogP contribution in [-0.4, -0.2) is 46.6 Å². The number of rotatable bonds is 5. The molecule has 4 rings (SSSR count). The third kappa shape index (κ3) is 3.62. The summed E-state index contributed by atoms with van der Waals surface area (Å²) >= 11 is 0. The molecule has 1 aromatic carbocycles. The molecule has 28 heavy (non-hydrogen) atoms. The van der Waals surface area contributed by atoms with Crippen molar-refractivity contribution in [2.45, 2.75) is 37.1 Å². The molecule has 1 aliphatic heterocycles.